The number of nitrogens with zero attached hydrogens (tertiary/aromatic N) is 3. The highest BCUT2D eigenvalue weighted by atomic mass is 32.2. The zero-order valence-electron chi connectivity index (χ0n) is 16.7. The lowest BCUT2D eigenvalue weighted by Gasteiger charge is -2.15. The SMILES string of the molecule is CCOc1ccccc1NC(=O)CSc1nc2ncccc2c(=O)n1CC(C)C. The Bertz CT molecular complexity index is 1070. The Morgan fingerprint density at radius 2 is 2.03 bits per heavy atom. The molecule has 1 N–H and O–H groups in total. The van der Waals surface area contributed by atoms with Gasteiger partial charge in [-0.1, -0.05) is 37.7 Å². The largest absolute Gasteiger partial charge is 0.492 e. The van der Waals surface area contributed by atoms with Gasteiger partial charge in [0.15, 0.2) is 10.8 Å². The van der Waals surface area contributed by atoms with Crippen LogP contribution in [-0.2, 0) is 11.3 Å². The third-order valence-electron chi connectivity index (χ3n) is 4.04. The highest BCUT2D eigenvalue weighted by Crippen LogP contribution is 2.24. The number of rotatable bonds is 8. The van der Waals surface area contributed by atoms with Crippen molar-refractivity contribution in [3.8, 4) is 5.75 Å². The lowest BCUT2D eigenvalue weighted by molar-refractivity contribution is -0.113. The van der Waals surface area contributed by atoms with Crippen LogP contribution in [0.4, 0.5) is 5.69 Å². The van der Waals surface area contributed by atoms with Crippen LogP contribution >= 0.6 is 11.8 Å². The zero-order valence-corrected chi connectivity index (χ0v) is 17.5. The van der Waals surface area contributed by atoms with Crippen molar-refractivity contribution in [1.29, 1.82) is 0 Å². The van der Waals surface area contributed by atoms with Gasteiger partial charge in [0.2, 0.25) is 5.91 Å². The van der Waals surface area contributed by atoms with Crippen molar-refractivity contribution in [2.75, 3.05) is 17.7 Å². The molecule has 29 heavy (non-hydrogen) atoms. The molecule has 0 atom stereocenters. The summed E-state index contributed by atoms with van der Waals surface area (Å²) in [5, 5.41) is 3.83. The summed E-state index contributed by atoms with van der Waals surface area (Å²) in [5.74, 6) is 0.796. The molecule has 152 valence electrons. The van der Waals surface area contributed by atoms with Gasteiger partial charge in [-0.2, -0.15) is 0 Å². The molecule has 0 aliphatic carbocycles. The fourth-order valence-corrected chi connectivity index (χ4v) is 3.64. The van der Waals surface area contributed by atoms with Crippen LogP contribution in [0.3, 0.4) is 0 Å². The van der Waals surface area contributed by atoms with Gasteiger partial charge < -0.3 is 10.1 Å². The lowest BCUT2D eigenvalue weighted by atomic mass is 10.2. The third-order valence-corrected chi connectivity index (χ3v) is 5.01. The molecule has 0 fully saturated rings. The van der Waals surface area contributed by atoms with Crippen molar-refractivity contribution in [2.45, 2.75) is 32.5 Å². The number of fused-ring (bicyclic) bond motifs is 1. The Hall–Kier alpha value is -2.87. The Kier molecular flexibility index (Phi) is 6.87. The number of amides is 1. The summed E-state index contributed by atoms with van der Waals surface area (Å²) in [6.45, 7) is 6.99. The van der Waals surface area contributed by atoms with Crippen LogP contribution in [0.5, 0.6) is 5.75 Å². The smallest absolute Gasteiger partial charge is 0.263 e. The molecule has 2 aromatic heterocycles. The van der Waals surface area contributed by atoms with Gasteiger partial charge in [-0.3, -0.25) is 14.2 Å². The summed E-state index contributed by atoms with van der Waals surface area (Å²) >= 11 is 1.22. The first kappa shape index (κ1) is 20.9. The molecule has 3 rings (SSSR count). The van der Waals surface area contributed by atoms with Gasteiger partial charge in [0, 0.05) is 12.7 Å². The Labute approximate surface area is 173 Å². The standard InChI is InChI=1S/C21H24N4O3S/c1-4-28-17-10-6-5-9-16(17)23-18(26)13-29-21-24-19-15(8-7-11-22-19)20(27)25(21)12-14(2)3/h5-11,14H,4,12-13H2,1-3H3,(H,23,26). The number of pyridine rings is 1. The van der Waals surface area contributed by atoms with E-state index in [2.05, 4.69) is 15.3 Å². The minimum Gasteiger partial charge on any atom is -0.492 e. The number of anilines is 1. The van der Waals surface area contributed by atoms with E-state index in [4.69, 9.17) is 4.74 Å². The first-order chi connectivity index (χ1) is 14.0. The predicted octanol–water partition coefficient (Wildman–Crippen LogP) is 3.58. The van der Waals surface area contributed by atoms with Crippen LogP contribution in [0.25, 0.3) is 11.0 Å². The van der Waals surface area contributed by atoms with Crippen molar-refractivity contribution >= 4 is 34.4 Å². The molecule has 0 unspecified atom stereocenters. The monoisotopic (exact) mass is 412 g/mol. The number of hydrogen-bond donors (Lipinski definition) is 1. The first-order valence-electron chi connectivity index (χ1n) is 9.49. The van der Waals surface area contributed by atoms with E-state index < -0.39 is 0 Å². The Balaban J connectivity index is 1.81. The predicted molar refractivity (Wildman–Crippen MR) is 116 cm³/mol. The first-order valence-corrected chi connectivity index (χ1v) is 10.5. The molecular weight excluding hydrogens is 388 g/mol. The van der Waals surface area contributed by atoms with E-state index in [9.17, 15) is 9.59 Å². The molecule has 7 nitrogen and oxygen atoms in total. The number of carbonyl (C=O) groups excluding carboxylic acids is 1. The average molecular weight is 413 g/mol. The van der Waals surface area contributed by atoms with Crippen LogP contribution in [0.2, 0.25) is 0 Å². The number of para-hydroxylation sites is 2. The maximum atomic E-state index is 12.9. The molecule has 0 spiro atoms. The van der Waals surface area contributed by atoms with Crippen molar-refractivity contribution in [3.05, 3.63) is 52.9 Å². The number of hydrogen-bond acceptors (Lipinski definition) is 6. The summed E-state index contributed by atoms with van der Waals surface area (Å²) in [5.41, 5.74) is 0.871. The molecule has 0 saturated heterocycles. The van der Waals surface area contributed by atoms with Gasteiger partial charge >= 0.3 is 0 Å². The van der Waals surface area contributed by atoms with Gasteiger partial charge in [0.25, 0.3) is 5.56 Å². The molecule has 0 aliphatic heterocycles. The quantitative estimate of drug-likeness (QED) is 0.450. The van der Waals surface area contributed by atoms with Crippen LogP contribution < -0.4 is 15.6 Å². The number of benzene rings is 1. The highest BCUT2D eigenvalue weighted by Gasteiger charge is 2.15. The van der Waals surface area contributed by atoms with E-state index in [0.29, 0.717) is 40.8 Å². The summed E-state index contributed by atoms with van der Waals surface area (Å²) in [7, 11) is 0. The molecular formula is C21H24N4O3S. The van der Waals surface area contributed by atoms with Gasteiger partial charge in [0.1, 0.15) is 5.75 Å². The fourth-order valence-electron chi connectivity index (χ4n) is 2.84. The van der Waals surface area contributed by atoms with E-state index in [0.717, 1.165) is 0 Å². The summed E-state index contributed by atoms with van der Waals surface area (Å²) in [4.78, 5) is 34.1. The molecule has 8 heteroatoms. The van der Waals surface area contributed by atoms with Crippen LogP contribution in [0.15, 0.2) is 52.5 Å². The number of carbonyl (C=O) groups is 1. The van der Waals surface area contributed by atoms with E-state index in [1.165, 1.54) is 11.8 Å². The minimum atomic E-state index is -0.200. The summed E-state index contributed by atoms with van der Waals surface area (Å²) in [6.07, 6.45) is 1.60. The maximum absolute atomic E-state index is 12.9. The number of thioether (sulfide) groups is 1. The van der Waals surface area contributed by atoms with E-state index >= 15 is 0 Å². The van der Waals surface area contributed by atoms with Gasteiger partial charge in [-0.05, 0) is 37.1 Å². The molecule has 1 aromatic carbocycles. The molecule has 3 aromatic rings. The fraction of sp³-hybridized carbons (Fsp3) is 0.333. The number of nitrogens with one attached hydrogen (secondary N) is 1. The van der Waals surface area contributed by atoms with Gasteiger partial charge in [-0.15, -0.1) is 0 Å². The summed E-state index contributed by atoms with van der Waals surface area (Å²) in [6, 6.07) is 10.7. The van der Waals surface area contributed by atoms with Crippen molar-refractivity contribution in [1.82, 2.24) is 14.5 Å². The maximum Gasteiger partial charge on any atom is 0.263 e. The number of ether oxygens (including phenoxy) is 1. The van der Waals surface area contributed by atoms with Crippen molar-refractivity contribution in [3.63, 3.8) is 0 Å². The van der Waals surface area contributed by atoms with Crippen molar-refractivity contribution in [2.24, 2.45) is 5.92 Å². The molecule has 0 bridgehead atoms. The Morgan fingerprint density at radius 1 is 1.24 bits per heavy atom. The Morgan fingerprint density at radius 3 is 2.79 bits per heavy atom. The molecule has 0 saturated carbocycles. The topological polar surface area (TPSA) is 86.1 Å². The second-order valence-electron chi connectivity index (χ2n) is 6.84. The van der Waals surface area contributed by atoms with Crippen molar-refractivity contribution < 1.29 is 9.53 Å². The van der Waals surface area contributed by atoms with Crippen LogP contribution in [0, 0.1) is 5.92 Å². The van der Waals surface area contributed by atoms with Gasteiger partial charge in [-0.25, -0.2) is 9.97 Å². The third kappa shape index (κ3) is 5.14. The summed E-state index contributed by atoms with van der Waals surface area (Å²) < 4.78 is 7.17. The van der Waals surface area contributed by atoms with Crippen LogP contribution in [-0.4, -0.2) is 32.8 Å². The van der Waals surface area contributed by atoms with E-state index in [1.807, 2.05) is 39.0 Å². The zero-order chi connectivity index (χ0) is 20.8. The minimum absolute atomic E-state index is 0.114. The molecule has 0 aliphatic rings. The molecule has 2 heterocycles. The normalized spacial score (nSPS) is 11.0. The van der Waals surface area contributed by atoms with Gasteiger partial charge in [0.05, 0.1) is 23.4 Å². The van der Waals surface area contributed by atoms with Crippen LogP contribution in [0.1, 0.15) is 20.8 Å². The van der Waals surface area contributed by atoms with E-state index in [1.54, 1.807) is 29.0 Å². The van der Waals surface area contributed by atoms with E-state index in [-0.39, 0.29) is 23.1 Å². The molecule has 0 radical (unpaired) electrons. The second-order valence-corrected chi connectivity index (χ2v) is 7.79. The lowest BCUT2D eigenvalue weighted by Crippen LogP contribution is -2.26. The highest BCUT2D eigenvalue weighted by molar-refractivity contribution is 7.99. The molecule has 1 amide bonds. The second kappa shape index (κ2) is 9.56. The average Bonchev–Trinajstić information content (AvgIpc) is 2.70. The number of aromatic nitrogens is 3.